The molecule has 0 aromatic heterocycles. The van der Waals surface area contributed by atoms with E-state index in [0.717, 1.165) is 0 Å². The van der Waals surface area contributed by atoms with Gasteiger partial charge in [0.1, 0.15) is 26.4 Å². The Bertz CT molecular complexity index is 33.0. The van der Waals surface area contributed by atoms with Gasteiger partial charge in [-0.15, -0.1) is 0 Å². The van der Waals surface area contributed by atoms with E-state index in [1.807, 2.05) is 0 Å². The molecule has 0 aromatic rings. The summed E-state index contributed by atoms with van der Waals surface area (Å²) >= 11 is 0. The molecule has 0 bridgehead atoms. The summed E-state index contributed by atoms with van der Waals surface area (Å²) < 4.78 is 0. The van der Waals surface area contributed by atoms with Gasteiger partial charge in [0.05, 0.1) is 0 Å². The molecule has 0 aliphatic rings. The van der Waals surface area contributed by atoms with Gasteiger partial charge in [0, 0.05) is 0 Å². The van der Waals surface area contributed by atoms with Crippen LogP contribution in [0.3, 0.4) is 0 Å². The van der Waals surface area contributed by atoms with Gasteiger partial charge in [0.25, 0.3) is 0 Å². The van der Waals surface area contributed by atoms with Crippen molar-refractivity contribution in [2.75, 3.05) is 26.4 Å². The number of hydrogen-bond acceptors (Lipinski definition) is 2. The van der Waals surface area contributed by atoms with E-state index in [2.05, 4.69) is 9.78 Å². The predicted octanol–water partition coefficient (Wildman–Crippen LogP) is -0.204. The molecule has 0 N–H and O–H groups in total. The zero-order valence-corrected chi connectivity index (χ0v) is 4.46. The Morgan fingerprint density at radius 3 is 1.50 bits per heavy atom. The molecule has 2 radical (unpaired) electrons. The van der Waals surface area contributed by atoms with Gasteiger partial charge in [-0.1, -0.05) is 0 Å². The Morgan fingerprint density at radius 2 is 1.25 bits per heavy atom. The van der Waals surface area contributed by atoms with Crippen LogP contribution >= 0.6 is 0 Å². The molecule has 0 rings (SSSR count). The summed E-state index contributed by atoms with van der Waals surface area (Å²) in [6.45, 7) is -0.641. The standard InChI is InChI=1S/C4H8O4/c5-1-3-7-8-4-2-6/h1-4H2. The van der Waals surface area contributed by atoms with Crippen molar-refractivity contribution in [1.82, 2.24) is 0 Å². The van der Waals surface area contributed by atoms with E-state index in [1.54, 1.807) is 0 Å². The molecule has 0 saturated carbocycles. The Morgan fingerprint density at radius 1 is 0.875 bits per heavy atom. The lowest BCUT2D eigenvalue weighted by molar-refractivity contribution is -0.304. The molecule has 8 heavy (non-hydrogen) atoms. The van der Waals surface area contributed by atoms with Crippen LogP contribution in [0.2, 0.25) is 0 Å². The summed E-state index contributed by atoms with van der Waals surface area (Å²) in [4.78, 5) is 8.42. The Hall–Kier alpha value is -0.160. The van der Waals surface area contributed by atoms with Crippen molar-refractivity contribution >= 4 is 0 Å². The van der Waals surface area contributed by atoms with Gasteiger partial charge < -0.3 is 0 Å². The molecule has 0 amide bonds. The molecule has 4 heteroatoms. The van der Waals surface area contributed by atoms with Gasteiger partial charge in [-0.3, -0.25) is 0 Å². The maximum Gasteiger partial charge on any atom is 0.109 e. The summed E-state index contributed by atoms with van der Waals surface area (Å²) in [5.74, 6) is 0. The van der Waals surface area contributed by atoms with Crippen LogP contribution < -0.4 is 0 Å². The fourth-order valence-corrected chi connectivity index (χ4v) is 0.186. The molecule has 0 atom stereocenters. The van der Waals surface area contributed by atoms with Crippen LogP contribution in [0.1, 0.15) is 0 Å². The molecular weight excluding hydrogens is 112 g/mol. The molecule has 4 nitrogen and oxygen atoms in total. The van der Waals surface area contributed by atoms with Gasteiger partial charge in [-0.05, 0) is 0 Å². The van der Waals surface area contributed by atoms with Crippen molar-refractivity contribution in [3.8, 4) is 0 Å². The molecule has 0 aliphatic carbocycles. The molecule has 48 valence electrons. The second-order valence-electron chi connectivity index (χ2n) is 1.05. The third-order valence-electron chi connectivity index (χ3n) is 0.417. The highest BCUT2D eigenvalue weighted by atomic mass is 17.2. The van der Waals surface area contributed by atoms with Crippen LogP contribution in [0, 0.1) is 0 Å². The van der Waals surface area contributed by atoms with Gasteiger partial charge >= 0.3 is 0 Å². The summed E-state index contributed by atoms with van der Waals surface area (Å²) in [7, 11) is 0. The second-order valence-corrected chi connectivity index (χ2v) is 1.05. The van der Waals surface area contributed by atoms with Gasteiger partial charge in [0.2, 0.25) is 0 Å². The number of hydrogen-bond donors (Lipinski definition) is 0. The van der Waals surface area contributed by atoms with E-state index in [0.29, 0.717) is 0 Å². The summed E-state index contributed by atoms with van der Waals surface area (Å²) in [6.07, 6.45) is 0. The third kappa shape index (κ3) is 5.84. The maximum absolute atomic E-state index is 9.61. The lowest BCUT2D eigenvalue weighted by Crippen LogP contribution is -2.02. The highest BCUT2D eigenvalue weighted by Crippen LogP contribution is 1.75. The first-order valence-electron chi connectivity index (χ1n) is 2.32. The Labute approximate surface area is 47.6 Å². The van der Waals surface area contributed by atoms with Crippen LogP contribution in [0.4, 0.5) is 0 Å². The minimum absolute atomic E-state index is 0.0139. The molecule has 0 fully saturated rings. The monoisotopic (exact) mass is 120 g/mol. The minimum Gasteiger partial charge on any atom is -0.234 e. The van der Waals surface area contributed by atoms with Crippen molar-refractivity contribution in [2.24, 2.45) is 0 Å². The summed E-state index contributed by atoms with van der Waals surface area (Å²) in [5.41, 5.74) is 0. The van der Waals surface area contributed by atoms with Gasteiger partial charge in [0.15, 0.2) is 0 Å². The van der Waals surface area contributed by atoms with Crippen LogP contribution in [-0.2, 0) is 20.0 Å². The molecule has 0 spiro atoms. The van der Waals surface area contributed by atoms with Crippen molar-refractivity contribution < 1.29 is 20.0 Å². The Balaban J connectivity index is 2.53. The molecular formula is C4H8O4. The topological polar surface area (TPSA) is 58.3 Å². The first-order valence-corrected chi connectivity index (χ1v) is 2.32. The largest absolute Gasteiger partial charge is 0.234 e. The zero-order valence-electron chi connectivity index (χ0n) is 4.46. The first-order chi connectivity index (χ1) is 3.91. The molecule has 0 saturated heterocycles. The van der Waals surface area contributed by atoms with Crippen LogP contribution in [0.15, 0.2) is 0 Å². The minimum atomic E-state index is -0.334. The van der Waals surface area contributed by atoms with Crippen molar-refractivity contribution in [3.63, 3.8) is 0 Å². The fraction of sp³-hybridized carbons (Fsp3) is 1.00. The second kappa shape index (κ2) is 6.84. The third-order valence-corrected chi connectivity index (χ3v) is 0.417. The van der Waals surface area contributed by atoms with E-state index >= 15 is 0 Å². The van der Waals surface area contributed by atoms with Gasteiger partial charge in [-0.2, -0.15) is 0 Å². The summed E-state index contributed by atoms with van der Waals surface area (Å²) in [6, 6.07) is 0. The van der Waals surface area contributed by atoms with E-state index in [-0.39, 0.29) is 26.4 Å². The van der Waals surface area contributed by atoms with E-state index < -0.39 is 0 Å². The average Bonchev–Trinajstić information content (AvgIpc) is 1.81. The highest BCUT2D eigenvalue weighted by Gasteiger charge is 1.84. The zero-order chi connectivity index (χ0) is 6.24. The fourth-order valence-electron chi connectivity index (χ4n) is 0.186. The normalized spacial score (nSPS) is 9.75. The van der Waals surface area contributed by atoms with Crippen LogP contribution in [-0.4, -0.2) is 26.4 Å². The number of rotatable bonds is 5. The lowest BCUT2D eigenvalue weighted by atomic mass is 10.8. The maximum atomic E-state index is 9.61. The molecule has 0 aromatic carbocycles. The molecule has 0 aliphatic heterocycles. The van der Waals surface area contributed by atoms with E-state index in [9.17, 15) is 10.2 Å². The molecule has 0 heterocycles. The SMILES string of the molecule is [O]CCOOCC[O]. The van der Waals surface area contributed by atoms with Crippen molar-refractivity contribution in [3.05, 3.63) is 0 Å². The highest BCUT2D eigenvalue weighted by molar-refractivity contribution is 4.15. The smallest absolute Gasteiger partial charge is 0.109 e. The average molecular weight is 120 g/mol. The quantitative estimate of drug-likeness (QED) is 0.286. The Kier molecular flexibility index (Phi) is 6.70. The van der Waals surface area contributed by atoms with Crippen molar-refractivity contribution in [1.29, 1.82) is 0 Å². The van der Waals surface area contributed by atoms with Crippen LogP contribution in [0.5, 0.6) is 0 Å². The molecule has 0 unspecified atom stereocenters. The predicted molar refractivity (Wildman–Crippen MR) is 23.0 cm³/mol. The van der Waals surface area contributed by atoms with Crippen LogP contribution in [0.25, 0.3) is 0 Å². The van der Waals surface area contributed by atoms with E-state index in [4.69, 9.17) is 0 Å². The first kappa shape index (κ1) is 7.84. The van der Waals surface area contributed by atoms with Gasteiger partial charge in [-0.25, -0.2) is 20.0 Å². The van der Waals surface area contributed by atoms with E-state index in [1.165, 1.54) is 0 Å². The lowest BCUT2D eigenvalue weighted by Gasteiger charge is -1.95. The van der Waals surface area contributed by atoms with Crippen molar-refractivity contribution in [2.45, 2.75) is 0 Å². The summed E-state index contributed by atoms with van der Waals surface area (Å²) in [5, 5.41) is 19.2.